The van der Waals surface area contributed by atoms with Crippen LogP contribution in [0.2, 0.25) is 0 Å². The molecule has 0 saturated heterocycles. The van der Waals surface area contributed by atoms with E-state index in [0.29, 0.717) is 0 Å². The van der Waals surface area contributed by atoms with Gasteiger partial charge in [-0.05, 0) is 30.9 Å². The number of aromatic hydroxyl groups is 2. The molecule has 0 aliphatic carbocycles. The van der Waals surface area contributed by atoms with E-state index < -0.39 is 0 Å². The fourth-order valence-corrected chi connectivity index (χ4v) is 3.05. The van der Waals surface area contributed by atoms with Crippen molar-refractivity contribution in [1.29, 1.82) is 0 Å². The third-order valence-electron chi connectivity index (χ3n) is 3.23. The van der Waals surface area contributed by atoms with E-state index in [-0.39, 0.29) is 23.6 Å². The first-order chi connectivity index (χ1) is 9.11. The molecule has 2 unspecified atom stereocenters. The van der Waals surface area contributed by atoms with Gasteiger partial charge in [-0.1, -0.05) is 19.1 Å². The van der Waals surface area contributed by atoms with Crippen molar-refractivity contribution in [2.75, 3.05) is 0 Å². The van der Waals surface area contributed by atoms with E-state index in [9.17, 15) is 10.2 Å². The van der Waals surface area contributed by atoms with E-state index in [2.05, 4.69) is 23.7 Å². The maximum atomic E-state index is 9.88. The lowest BCUT2D eigenvalue weighted by molar-refractivity contribution is 0.419. The molecule has 0 fully saturated rings. The van der Waals surface area contributed by atoms with Crippen LogP contribution in [0.5, 0.6) is 11.5 Å². The summed E-state index contributed by atoms with van der Waals surface area (Å²) >= 11 is 1.73. The normalized spacial score (nSPS) is 14.2. The summed E-state index contributed by atoms with van der Waals surface area (Å²) in [5.41, 5.74) is 0.799. The predicted octanol–water partition coefficient (Wildman–Crippen LogP) is 3.96. The molecule has 3 nitrogen and oxygen atoms in total. The Balaban J connectivity index is 2.13. The fourth-order valence-electron chi connectivity index (χ4n) is 2.18. The molecule has 0 spiro atoms. The number of benzene rings is 1. The van der Waals surface area contributed by atoms with Crippen molar-refractivity contribution >= 4 is 11.3 Å². The molecule has 2 aromatic rings. The standard InChI is InChI=1S/C15H19NO2S/c1-3-13(15-5-4-8-19-15)16-10(2)12-7-6-11(17)9-14(12)18/h4-10,13,16-18H,3H2,1-2H3. The Morgan fingerprint density at radius 2 is 2.05 bits per heavy atom. The molecule has 102 valence electrons. The predicted molar refractivity (Wildman–Crippen MR) is 78.7 cm³/mol. The first kappa shape index (κ1) is 13.9. The van der Waals surface area contributed by atoms with E-state index in [4.69, 9.17) is 0 Å². The van der Waals surface area contributed by atoms with Gasteiger partial charge < -0.3 is 15.5 Å². The van der Waals surface area contributed by atoms with Crippen LogP contribution in [0.1, 0.15) is 42.8 Å². The molecular weight excluding hydrogens is 258 g/mol. The molecule has 2 atom stereocenters. The third kappa shape index (κ3) is 3.28. The van der Waals surface area contributed by atoms with Gasteiger partial charge in [-0.25, -0.2) is 0 Å². The zero-order valence-electron chi connectivity index (χ0n) is 11.1. The van der Waals surface area contributed by atoms with Crippen molar-refractivity contribution in [2.24, 2.45) is 0 Å². The van der Waals surface area contributed by atoms with Gasteiger partial charge in [0.25, 0.3) is 0 Å². The SMILES string of the molecule is CCC(NC(C)c1ccc(O)cc1O)c1cccs1. The molecule has 0 saturated carbocycles. The van der Waals surface area contributed by atoms with Gasteiger partial charge in [-0.3, -0.25) is 0 Å². The van der Waals surface area contributed by atoms with Crippen LogP contribution in [0.15, 0.2) is 35.7 Å². The number of rotatable bonds is 5. The largest absolute Gasteiger partial charge is 0.508 e. The van der Waals surface area contributed by atoms with Gasteiger partial charge in [0.2, 0.25) is 0 Å². The lowest BCUT2D eigenvalue weighted by Gasteiger charge is -2.22. The minimum Gasteiger partial charge on any atom is -0.508 e. The maximum Gasteiger partial charge on any atom is 0.124 e. The van der Waals surface area contributed by atoms with Crippen molar-refractivity contribution in [3.05, 3.63) is 46.2 Å². The summed E-state index contributed by atoms with van der Waals surface area (Å²) in [7, 11) is 0. The number of hydrogen-bond donors (Lipinski definition) is 3. The summed E-state index contributed by atoms with van der Waals surface area (Å²) in [6.07, 6.45) is 0.990. The summed E-state index contributed by atoms with van der Waals surface area (Å²) in [4.78, 5) is 1.30. The van der Waals surface area contributed by atoms with Crippen LogP contribution in [-0.2, 0) is 0 Å². The molecule has 19 heavy (non-hydrogen) atoms. The average Bonchev–Trinajstić information content (AvgIpc) is 2.89. The average molecular weight is 277 g/mol. The van der Waals surface area contributed by atoms with Crippen LogP contribution in [0.3, 0.4) is 0 Å². The van der Waals surface area contributed by atoms with Gasteiger partial charge in [0.05, 0.1) is 0 Å². The first-order valence-electron chi connectivity index (χ1n) is 6.43. The Hall–Kier alpha value is -1.52. The Morgan fingerprint density at radius 1 is 1.26 bits per heavy atom. The van der Waals surface area contributed by atoms with Gasteiger partial charge in [0.15, 0.2) is 0 Å². The highest BCUT2D eigenvalue weighted by molar-refractivity contribution is 7.10. The van der Waals surface area contributed by atoms with Crippen LogP contribution in [-0.4, -0.2) is 10.2 Å². The molecule has 1 aromatic heterocycles. The zero-order valence-corrected chi connectivity index (χ0v) is 11.9. The molecular formula is C15H19NO2S. The molecule has 4 heteroatoms. The number of phenols is 2. The molecule has 0 amide bonds. The minimum absolute atomic E-state index is 0.0210. The summed E-state index contributed by atoms with van der Waals surface area (Å²) in [5.74, 6) is 0.208. The molecule has 1 aromatic carbocycles. The molecule has 0 bridgehead atoms. The summed E-state index contributed by atoms with van der Waals surface area (Å²) in [6, 6.07) is 9.20. The first-order valence-corrected chi connectivity index (χ1v) is 7.31. The topological polar surface area (TPSA) is 52.5 Å². The van der Waals surface area contributed by atoms with Crippen molar-refractivity contribution in [1.82, 2.24) is 5.32 Å². The lowest BCUT2D eigenvalue weighted by atomic mass is 10.0. The monoisotopic (exact) mass is 277 g/mol. The summed E-state index contributed by atoms with van der Waals surface area (Å²) < 4.78 is 0. The molecule has 0 aliphatic rings. The van der Waals surface area contributed by atoms with Crippen molar-refractivity contribution in [3.63, 3.8) is 0 Å². The maximum absolute atomic E-state index is 9.88. The van der Waals surface area contributed by atoms with Crippen LogP contribution in [0.25, 0.3) is 0 Å². The Labute approximate surface area is 117 Å². The highest BCUT2D eigenvalue weighted by Gasteiger charge is 2.16. The molecule has 3 N–H and O–H groups in total. The Bertz CT molecular complexity index is 525. The van der Waals surface area contributed by atoms with Crippen molar-refractivity contribution in [2.45, 2.75) is 32.4 Å². The molecule has 0 radical (unpaired) electrons. The fraction of sp³-hybridized carbons (Fsp3) is 0.333. The lowest BCUT2D eigenvalue weighted by Crippen LogP contribution is -2.23. The molecule has 0 aliphatic heterocycles. The highest BCUT2D eigenvalue weighted by Crippen LogP contribution is 2.31. The molecule has 2 rings (SSSR count). The number of thiophene rings is 1. The number of phenolic OH excluding ortho intramolecular Hbond substituents is 2. The number of hydrogen-bond acceptors (Lipinski definition) is 4. The highest BCUT2D eigenvalue weighted by atomic mass is 32.1. The van der Waals surface area contributed by atoms with Gasteiger partial charge in [0.1, 0.15) is 11.5 Å². The van der Waals surface area contributed by atoms with Gasteiger partial charge in [-0.2, -0.15) is 0 Å². The van der Waals surface area contributed by atoms with Gasteiger partial charge in [0, 0.05) is 28.6 Å². The van der Waals surface area contributed by atoms with Gasteiger partial charge in [-0.15, -0.1) is 11.3 Å². The summed E-state index contributed by atoms with van der Waals surface area (Å²) in [5, 5.41) is 24.8. The van der Waals surface area contributed by atoms with E-state index >= 15 is 0 Å². The van der Waals surface area contributed by atoms with E-state index in [1.54, 1.807) is 23.5 Å². The second-order valence-corrected chi connectivity index (χ2v) is 5.59. The Morgan fingerprint density at radius 3 is 2.63 bits per heavy atom. The second kappa shape index (κ2) is 6.08. The summed E-state index contributed by atoms with van der Waals surface area (Å²) in [6.45, 7) is 4.16. The smallest absolute Gasteiger partial charge is 0.124 e. The van der Waals surface area contributed by atoms with Crippen LogP contribution >= 0.6 is 11.3 Å². The van der Waals surface area contributed by atoms with Crippen molar-refractivity contribution in [3.8, 4) is 11.5 Å². The third-order valence-corrected chi connectivity index (χ3v) is 4.21. The van der Waals surface area contributed by atoms with Crippen LogP contribution in [0, 0.1) is 0 Å². The zero-order chi connectivity index (χ0) is 13.8. The van der Waals surface area contributed by atoms with E-state index in [1.165, 1.54) is 10.9 Å². The van der Waals surface area contributed by atoms with Gasteiger partial charge >= 0.3 is 0 Å². The quantitative estimate of drug-likeness (QED) is 0.775. The van der Waals surface area contributed by atoms with Crippen LogP contribution < -0.4 is 5.32 Å². The van der Waals surface area contributed by atoms with E-state index in [0.717, 1.165) is 12.0 Å². The van der Waals surface area contributed by atoms with Crippen LogP contribution in [0.4, 0.5) is 0 Å². The Kier molecular flexibility index (Phi) is 4.45. The van der Waals surface area contributed by atoms with E-state index in [1.807, 2.05) is 13.0 Å². The van der Waals surface area contributed by atoms with Crippen molar-refractivity contribution < 1.29 is 10.2 Å². The minimum atomic E-state index is 0.0210. The number of nitrogens with one attached hydrogen (secondary N) is 1. The molecule has 1 heterocycles. The second-order valence-electron chi connectivity index (χ2n) is 4.61.